The highest BCUT2D eigenvalue weighted by molar-refractivity contribution is 9.10. The van der Waals surface area contributed by atoms with Gasteiger partial charge in [-0.2, -0.15) is 0 Å². The van der Waals surface area contributed by atoms with Crippen LogP contribution >= 0.6 is 27.3 Å². The van der Waals surface area contributed by atoms with E-state index in [1.807, 2.05) is 32.0 Å². The SMILES string of the molecule is Cc1ccc(Br)cc1OC(c1sccc1C)C(C)N. The van der Waals surface area contributed by atoms with Gasteiger partial charge in [0.15, 0.2) is 0 Å². The number of ether oxygens (including phenoxy) is 1. The molecule has 2 N–H and O–H groups in total. The minimum atomic E-state index is -0.104. The zero-order valence-electron chi connectivity index (χ0n) is 11.3. The van der Waals surface area contributed by atoms with Gasteiger partial charge in [-0.15, -0.1) is 11.3 Å². The van der Waals surface area contributed by atoms with Crippen molar-refractivity contribution in [2.24, 2.45) is 5.73 Å². The third-order valence-electron chi connectivity index (χ3n) is 3.04. The predicted octanol–water partition coefficient (Wildman–Crippen LogP) is 4.59. The lowest BCUT2D eigenvalue weighted by Crippen LogP contribution is -2.29. The van der Waals surface area contributed by atoms with E-state index < -0.39 is 0 Å². The molecular formula is C15H18BrNOS. The molecular weight excluding hydrogens is 322 g/mol. The van der Waals surface area contributed by atoms with Gasteiger partial charge in [0, 0.05) is 15.4 Å². The number of hydrogen-bond donors (Lipinski definition) is 1. The van der Waals surface area contributed by atoms with Gasteiger partial charge in [-0.3, -0.25) is 0 Å². The molecule has 102 valence electrons. The summed E-state index contributed by atoms with van der Waals surface area (Å²) in [7, 11) is 0. The van der Waals surface area contributed by atoms with Crippen LogP contribution in [0.15, 0.2) is 34.1 Å². The number of halogens is 1. The molecule has 2 nitrogen and oxygen atoms in total. The first-order valence-electron chi connectivity index (χ1n) is 6.21. The van der Waals surface area contributed by atoms with E-state index in [4.69, 9.17) is 10.5 Å². The number of thiophene rings is 1. The van der Waals surface area contributed by atoms with E-state index in [0.717, 1.165) is 15.8 Å². The molecule has 2 aromatic rings. The Morgan fingerprint density at radius 1 is 1.21 bits per heavy atom. The summed E-state index contributed by atoms with van der Waals surface area (Å²) < 4.78 is 7.18. The first kappa shape index (κ1) is 14.6. The van der Waals surface area contributed by atoms with Crippen molar-refractivity contribution in [3.8, 4) is 5.75 Å². The Morgan fingerprint density at radius 2 is 1.95 bits per heavy atom. The second kappa shape index (κ2) is 6.07. The summed E-state index contributed by atoms with van der Waals surface area (Å²) in [5, 5.41) is 2.08. The molecule has 0 aliphatic rings. The Balaban J connectivity index is 2.32. The summed E-state index contributed by atoms with van der Waals surface area (Å²) in [6.45, 7) is 6.12. The van der Waals surface area contributed by atoms with E-state index in [2.05, 4.69) is 34.3 Å². The molecule has 2 rings (SSSR count). The van der Waals surface area contributed by atoms with Gasteiger partial charge in [-0.05, 0) is 55.5 Å². The van der Waals surface area contributed by atoms with Crippen molar-refractivity contribution in [2.45, 2.75) is 32.9 Å². The second-order valence-electron chi connectivity index (χ2n) is 4.78. The smallest absolute Gasteiger partial charge is 0.148 e. The minimum Gasteiger partial charge on any atom is -0.483 e. The van der Waals surface area contributed by atoms with Crippen LogP contribution in [0.1, 0.15) is 29.0 Å². The van der Waals surface area contributed by atoms with Crippen LogP contribution in [0.3, 0.4) is 0 Å². The Labute approximate surface area is 126 Å². The van der Waals surface area contributed by atoms with Crippen LogP contribution < -0.4 is 10.5 Å². The van der Waals surface area contributed by atoms with Crippen molar-refractivity contribution < 1.29 is 4.74 Å². The highest BCUT2D eigenvalue weighted by atomic mass is 79.9. The van der Waals surface area contributed by atoms with Crippen LogP contribution in [0.5, 0.6) is 5.75 Å². The molecule has 0 spiro atoms. The second-order valence-corrected chi connectivity index (χ2v) is 6.64. The molecule has 2 unspecified atom stereocenters. The maximum absolute atomic E-state index is 6.17. The van der Waals surface area contributed by atoms with Gasteiger partial charge in [0.1, 0.15) is 11.9 Å². The lowest BCUT2D eigenvalue weighted by molar-refractivity contribution is 0.182. The molecule has 1 heterocycles. The van der Waals surface area contributed by atoms with Gasteiger partial charge < -0.3 is 10.5 Å². The van der Waals surface area contributed by atoms with Crippen molar-refractivity contribution in [2.75, 3.05) is 0 Å². The van der Waals surface area contributed by atoms with Crippen LogP contribution in [0.2, 0.25) is 0 Å². The zero-order valence-corrected chi connectivity index (χ0v) is 13.7. The van der Waals surface area contributed by atoms with E-state index in [0.29, 0.717) is 0 Å². The van der Waals surface area contributed by atoms with Crippen molar-refractivity contribution in [3.63, 3.8) is 0 Å². The summed E-state index contributed by atoms with van der Waals surface area (Å²) in [4.78, 5) is 1.20. The lowest BCUT2D eigenvalue weighted by atomic mass is 10.1. The summed E-state index contributed by atoms with van der Waals surface area (Å²) in [6, 6.07) is 8.09. The molecule has 1 aromatic carbocycles. The summed E-state index contributed by atoms with van der Waals surface area (Å²) in [6.07, 6.45) is -0.104. The molecule has 0 radical (unpaired) electrons. The average Bonchev–Trinajstić information content (AvgIpc) is 2.76. The fourth-order valence-electron chi connectivity index (χ4n) is 1.91. The quantitative estimate of drug-likeness (QED) is 0.883. The molecule has 2 atom stereocenters. The van der Waals surface area contributed by atoms with Crippen molar-refractivity contribution in [1.29, 1.82) is 0 Å². The minimum absolute atomic E-state index is 0.0595. The van der Waals surface area contributed by atoms with E-state index >= 15 is 0 Å². The third-order valence-corrected chi connectivity index (χ3v) is 4.62. The number of aryl methyl sites for hydroxylation is 2. The molecule has 19 heavy (non-hydrogen) atoms. The normalized spacial score (nSPS) is 14.2. The van der Waals surface area contributed by atoms with Crippen LogP contribution in [-0.2, 0) is 0 Å². The molecule has 0 saturated heterocycles. The van der Waals surface area contributed by atoms with Gasteiger partial charge in [0.2, 0.25) is 0 Å². The van der Waals surface area contributed by atoms with Gasteiger partial charge in [0.25, 0.3) is 0 Å². The molecule has 4 heteroatoms. The summed E-state index contributed by atoms with van der Waals surface area (Å²) >= 11 is 5.18. The molecule has 0 aliphatic heterocycles. The Kier molecular flexibility index (Phi) is 4.66. The van der Waals surface area contributed by atoms with E-state index in [9.17, 15) is 0 Å². The van der Waals surface area contributed by atoms with Gasteiger partial charge in [-0.1, -0.05) is 22.0 Å². The molecule has 1 aromatic heterocycles. The van der Waals surface area contributed by atoms with E-state index in [1.54, 1.807) is 11.3 Å². The highest BCUT2D eigenvalue weighted by Gasteiger charge is 2.22. The number of nitrogens with two attached hydrogens (primary N) is 1. The van der Waals surface area contributed by atoms with Gasteiger partial charge in [-0.25, -0.2) is 0 Å². The maximum atomic E-state index is 6.17. The fourth-order valence-corrected chi connectivity index (χ4v) is 3.32. The Morgan fingerprint density at radius 3 is 2.53 bits per heavy atom. The first-order valence-corrected chi connectivity index (χ1v) is 7.88. The molecule has 0 amide bonds. The van der Waals surface area contributed by atoms with Crippen molar-refractivity contribution in [3.05, 3.63) is 50.1 Å². The number of hydrogen-bond acceptors (Lipinski definition) is 3. The first-order chi connectivity index (χ1) is 8.99. The summed E-state index contributed by atoms with van der Waals surface area (Å²) in [5.74, 6) is 0.879. The number of benzene rings is 1. The van der Waals surface area contributed by atoms with Crippen LogP contribution in [0, 0.1) is 13.8 Å². The van der Waals surface area contributed by atoms with E-state index in [-0.39, 0.29) is 12.1 Å². The Bertz CT molecular complexity index is 565. The van der Waals surface area contributed by atoms with E-state index in [1.165, 1.54) is 10.4 Å². The molecule has 0 fully saturated rings. The van der Waals surface area contributed by atoms with Crippen LogP contribution in [-0.4, -0.2) is 6.04 Å². The topological polar surface area (TPSA) is 35.2 Å². The summed E-state index contributed by atoms with van der Waals surface area (Å²) in [5.41, 5.74) is 8.45. The monoisotopic (exact) mass is 339 g/mol. The maximum Gasteiger partial charge on any atom is 0.148 e. The fraction of sp³-hybridized carbons (Fsp3) is 0.333. The highest BCUT2D eigenvalue weighted by Crippen LogP contribution is 2.33. The number of rotatable bonds is 4. The lowest BCUT2D eigenvalue weighted by Gasteiger charge is -2.23. The average molecular weight is 340 g/mol. The predicted molar refractivity (Wildman–Crippen MR) is 85.0 cm³/mol. The third kappa shape index (κ3) is 3.38. The Hall–Kier alpha value is -0.840. The van der Waals surface area contributed by atoms with Gasteiger partial charge >= 0.3 is 0 Å². The van der Waals surface area contributed by atoms with Crippen LogP contribution in [0.4, 0.5) is 0 Å². The molecule has 0 aliphatic carbocycles. The van der Waals surface area contributed by atoms with Crippen molar-refractivity contribution >= 4 is 27.3 Å². The standard InChI is InChI=1S/C15H18BrNOS/c1-9-4-5-12(16)8-13(9)18-14(11(3)17)15-10(2)6-7-19-15/h4-8,11,14H,17H2,1-3H3. The largest absolute Gasteiger partial charge is 0.483 e. The zero-order chi connectivity index (χ0) is 14.0. The van der Waals surface area contributed by atoms with Gasteiger partial charge in [0.05, 0.1) is 0 Å². The molecule has 0 bridgehead atoms. The molecule has 0 saturated carbocycles. The van der Waals surface area contributed by atoms with Crippen LogP contribution in [0.25, 0.3) is 0 Å². The van der Waals surface area contributed by atoms with Crippen molar-refractivity contribution in [1.82, 2.24) is 0 Å².